The molecule has 0 radical (unpaired) electrons. The zero-order chi connectivity index (χ0) is 11.6. The first-order valence-corrected chi connectivity index (χ1v) is 6.88. The van der Waals surface area contributed by atoms with Crippen molar-refractivity contribution in [1.29, 1.82) is 5.26 Å². The van der Waals surface area contributed by atoms with Crippen molar-refractivity contribution in [2.45, 2.75) is 24.0 Å². The van der Waals surface area contributed by atoms with Crippen molar-refractivity contribution in [2.24, 2.45) is 0 Å². The van der Waals surface area contributed by atoms with Crippen LogP contribution in [0.1, 0.15) is 18.4 Å². The molecule has 16 heavy (non-hydrogen) atoms. The number of rotatable bonds is 2. The Morgan fingerprint density at radius 2 is 2.19 bits per heavy atom. The van der Waals surface area contributed by atoms with E-state index in [1.54, 1.807) is 17.8 Å². The second-order valence-corrected chi connectivity index (χ2v) is 6.28. The van der Waals surface area contributed by atoms with Crippen molar-refractivity contribution >= 4 is 35.0 Å². The molecule has 1 saturated heterocycles. The molecule has 4 heteroatoms. The maximum atomic E-state index is 9.27. The van der Waals surface area contributed by atoms with Crippen molar-refractivity contribution < 1.29 is 0 Å². The Balaban J connectivity index is 2.20. The van der Waals surface area contributed by atoms with Gasteiger partial charge in [0.05, 0.1) is 16.1 Å². The van der Waals surface area contributed by atoms with Crippen LogP contribution in [0.2, 0.25) is 10.0 Å². The van der Waals surface area contributed by atoms with Gasteiger partial charge < -0.3 is 0 Å². The van der Waals surface area contributed by atoms with E-state index in [2.05, 4.69) is 6.07 Å². The molecule has 1 aromatic rings. The fourth-order valence-electron chi connectivity index (χ4n) is 1.94. The van der Waals surface area contributed by atoms with E-state index < -0.39 is 0 Å². The number of nitrogens with zero attached hydrogens (tertiary/aromatic N) is 1. The van der Waals surface area contributed by atoms with Gasteiger partial charge in [-0.15, -0.1) is 11.8 Å². The van der Waals surface area contributed by atoms with E-state index in [0.29, 0.717) is 10.0 Å². The molecular formula is C12H11Cl2NS. The molecule has 1 heterocycles. The molecule has 0 aliphatic carbocycles. The fraction of sp³-hybridized carbons (Fsp3) is 0.417. The van der Waals surface area contributed by atoms with E-state index in [4.69, 9.17) is 23.2 Å². The molecule has 0 N–H and O–H groups in total. The van der Waals surface area contributed by atoms with Crippen LogP contribution in [0.4, 0.5) is 0 Å². The van der Waals surface area contributed by atoms with Gasteiger partial charge in [-0.25, -0.2) is 0 Å². The molecule has 84 valence electrons. The van der Waals surface area contributed by atoms with E-state index in [9.17, 15) is 5.26 Å². The number of halogens is 2. The second kappa shape index (κ2) is 4.87. The molecule has 1 aliphatic rings. The average Bonchev–Trinajstić information content (AvgIpc) is 2.73. The van der Waals surface area contributed by atoms with Crippen LogP contribution in [0.15, 0.2) is 18.2 Å². The molecular weight excluding hydrogens is 261 g/mol. The van der Waals surface area contributed by atoms with Crippen molar-refractivity contribution in [3.8, 4) is 6.07 Å². The summed E-state index contributed by atoms with van der Waals surface area (Å²) in [5.74, 6) is 1.08. The Kier molecular flexibility index (Phi) is 3.69. The molecule has 0 spiro atoms. The van der Waals surface area contributed by atoms with E-state index in [1.807, 2.05) is 12.1 Å². The molecule has 1 aromatic carbocycles. The normalized spacial score (nSPS) is 24.3. The van der Waals surface area contributed by atoms with Crippen LogP contribution in [0, 0.1) is 11.3 Å². The standard InChI is InChI=1S/C12H11Cl2NS/c13-10-3-2-9(6-11(10)14)7-12(8-15)4-1-5-16-12/h2-3,6H,1,4-5,7H2. The molecule has 1 fully saturated rings. The summed E-state index contributed by atoms with van der Waals surface area (Å²) < 4.78 is -0.253. The lowest BCUT2D eigenvalue weighted by Crippen LogP contribution is -2.21. The van der Waals surface area contributed by atoms with Gasteiger partial charge in [0.2, 0.25) is 0 Å². The maximum Gasteiger partial charge on any atom is 0.106 e. The third kappa shape index (κ3) is 2.48. The summed E-state index contributed by atoms with van der Waals surface area (Å²) in [5, 5.41) is 10.4. The van der Waals surface area contributed by atoms with Gasteiger partial charge in [-0.05, 0) is 36.3 Å². The minimum absolute atomic E-state index is 0.253. The largest absolute Gasteiger partial charge is 0.197 e. The number of nitriles is 1. The summed E-state index contributed by atoms with van der Waals surface area (Å²) in [6.45, 7) is 0. The van der Waals surface area contributed by atoms with Crippen LogP contribution in [0.25, 0.3) is 0 Å². The Morgan fingerprint density at radius 1 is 1.38 bits per heavy atom. The SMILES string of the molecule is N#CC1(Cc2ccc(Cl)c(Cl)c2)CCCS1. The number of hydrogen-bond donors (Lipinski definition) is 0. The lowest BCUT2D eigenvalue weighted by Gasteiger charge is -2.19. The maximum absolute atomic E-state index is 9.27. The van der Waals surface area contributed by atoms with E-state index in [0.717, 1.165) is 30.6 Å². The summed E-state index contributed by atoms with van der Waals surface area (Å²) in [4.78, 5) is 0. The highest BCUT2D eigenvalue weighted by molar-refractivity contribution is 8.01. The van der Waals surface area contributed by atoms with Crippen LogP contribution < -0.4 is 0 Å². The Bertz CT molecular complexity index is 433. The van der Waals surface area contributed by atoms with Crippen LogP contribution in [0.3, 0.4) is 0 Å². The van der Waals surface area contributed by atoms with Crippen molar-refractivity contribution in [2.75, 3.05) is 5.75 Å². The van der Waals surface area contributed by atoms with Gasteiger partial charge in [-0.3, -0.25) is 0 Å². The van der Waals surface area contributed by atoms with Crippen molar-refractivity contribution in [3.63, 3.8) is 0 Å². The molecule has 1 atom stereocenters. The summed E-state index contributed by atoms with van der Waals surface area (Å²) in [7, 11) is 0. The van der Waals surface area contributed by atoms with Gasteiger partial charge in [-0.2, -0.15) is 5.26 Å². The van der Waals surface area contributed by atoms with Gasteiger partial charge in [0, 0.05) is 6.42 Å². The summed E-state index contributed by atoms with van der Waals surface area (Å²) in [6, 6.07) is 8.06. The molecule has 0 aromatic heterocycles. The van der Waals surface area contributed by atoms with Gasteiger partial charge in [0.25, 0.3) is 0 Å². The first-order chi connectivity index (χ1) is 7.65. The average molecular weight is 272 g/mol. The van der Waals surface area contributed by atoms with Crippen molar-refractivity contribution in [1.82, 2.24) is 0 Å². The first-order valence-electron chi connectivity index (χ1n) is 5.14. The van der Waals surface area contributed by atoms with Gasteiger partial charge in [-0.1, -0.05) is 29.3 Å². The lowest BCUT2D eigenvalue weighted by molar-refractivity contribution is 0.672. The minimum atomic E-state index is -0.253. The van der Waals surface area contributed by atoms with Crippen LogP contribution in [-0.4, -0.2) is 10.5 Å². The highest BCUT2D eigenvalue weighted by Gasteiger charge is 2.34. The van der Waals surface area contributed by atoms with E-state index >= 15 is 0 Å². The Morgan fingerprint density at radius 3 is 2.75 bits per heavy atom. The second-order valence-electron chi connectivity index (χ2n) is 3.98. The molecule has 0 amide bonds. The molecule has 1 nitrogen and oxygen atoms in total. The quantitative estimate of drug-likeness (QED) is 0.800. The predicted octanol–water partition coefficient (Wildman–Crippen LogP) is 4.33. The minimum Gasteiger partial charge on any atom is -0.197 e. The molecule has 1 aliphatic heterocycles. The first kappa shape index (κ1) is 12.1. The summed E-state index contributed by atoms with van der Waals surface area (Å²) in [5.41, 5.74) is 1.09. The molecule has 1 unspecified atom stereocenters. The zero-order valence-corrected chi connectivity index (χ0v) is 11.0. The fourth-order valence-corrected chi connectivity index (χ4v) is 3.57. The number of hydrogen-bond acceptors (Lipinski definition) is 2. The van der Waals surface area contributed by atoms with E-state index in [1.165, 1.54) is 0 Å². The Hall–Kier alpha value is -0.360. The smallest absolute Gasteiger partial charge is 0.106 e. The lowest BCUT2D eigenvalue weighted by atomic mass is 9.96. The van der Waals surface area contributed by atoms with Crippen LogP contribution in [0.5, 0.6) is 0 Å². The number of benzene rings is 1. The monoisotopic (exact) mass is 271 g/mol. The highest BCUT2D eigenvalue weighted by Crippen LogP contribution is 2.40. The third-order valence-corrected chi connectivity index (χ3v) is 5.00. The zero-order valence-electron chi connectivity index (χ0n) is 8.67. The summed E-state index contributed by atoms with van der Waals surface area (Å²) in [6.07, 6.45) is 2.85. The molecule has 2 rings (SSSR count). The van der Waals surface area contributed by atoms with Gasteiger partial charge in [0.15, 0.2) is 0 Å². The van der Waals surface area contributed by atoms with Crippen LogP contribution >= 0.6 is 35.0 Å². The predicted molar refractivity (Wildman–Crippen MR) is 70.2 cm³/mol. The molecule has 0 saturated carbocycles. The van der Waals surface area contributed by atoms with Gasteiger partial charge in [0.1, 0.15) is 4.75 Å². The highest BCUT2D eigenvalue weighted by atomic mass is 35.5. The molecule has 0 bridgehead atoms. The van der Waals surface area contributed by atoms with Crippen molar-refractivity contribution in [3.05, 3.63) is 33.8 Å². The topological polar surface area (TPSA) is 23.8 Å². The summed E-state index contributed by atoms with van der Waals surface area (Å²) >= 11 is 13.6. The van der Waals surface area contributed by atoms with Gasteiger partial charge >= 0.3 is 0 Å². The Labute approximate surface area is 110 Å². The number of thioether (sulfide) groups is 1. The van der Waals surface area contributed by atoms with Crippen LogP contribution in [-0.2, 0) is 6.42 Å². The third-order valence-electron chi connectivity index (χ3n) is 2.78. The van der Waals surface area contributed by atoms with E-state index in [-0.39, 0.29) is 4.75 Å².